The van der Waals surface area contributed by atoms with Crippen LogP contribution in [0.3, 0.4) is 0 Å². The molecule has 0 spiro atoms. The van der Waals surface area contributed by atoms with Crippen molar-refractivity contribution in [2.45, 2.75) is 39.0 Å². The van der Waals surface area contributed by atoms with E-state index in [1.54, 1.807) is 23.1 Å². The molecule has 2 aromatic heterocycles. The van der Waals surface area contributed by atoms with Gasteiger partial charge < -0.3 is 0 Å². The Bertz CT molecular complexity index is 496. The quantitative estimate of drug-likeness (QED) is 0.851. The van der Waals surface area contributed by atoms with E-state index in [9.17, 15) is 0 Å². The second kappa shape index (κ2) is 6.04. The molecular weight excluding hydrogens is 294 g/mol. The summed E-state index contributed by atoms with van der Waals surface area (Å²) < 4.78 is 2.31. The molecule has 1 atom stereocenters. The van der Waals surface area contributed by atoms with Gasteiger partial charge in [-0.15, -0.1) is 5.10 Å². The highest BCUT2D eigenvalue weighted by molar-refractivity contribution is 9.10. The predicted octanol–water partition coefficient (Wildman–Crippen LogP) is 3.11. The van der Waals surface area contributed by atoms with Gasteiger partial charge in [0, 0.05) is 18.3 Å². The summed E-state index contributed by atoms with van der Waals surface area (Å²) in [5.41, 5.74) is 0. The van der Waals surface area contributed by atoms with Crippen LogP contribution in [0, 0.1) is 0 Å². The topological polar surface area (TPSA) is 56.5 Å². The summed E-state index contributed by atoms with van der Waals surface area (Å²) in [6, 6.07) is 1.79. The lowest BCUT2D eigenvalue weighted by molar-refractivity contribution is 0.543. The Kier molecular flexibility index (Phi) is 4.41. The molecule has 5 nitrogen and oxygen atoms in total. The van der Waals surface area contributed by atoms with Crippen molar-refractivity contribution in [2.24, 2.45) is 0 Å². The molecule has 1 unspecified atom stereocenters. The van der Waals surface area contributed by atoms with Gasteiger partial charge in [0.05, 0.1) is 0 Å². The minimum absolute atomic E-state index is 0.387. The van der Waals surface area contributed by atoms with E-state index in [1.165, 1.54) is 0 Å². The standard InChI is InChI=1S/C12H16BrN5/c1-3-6-9(4-2)10-16-11(13)17-18(10)12-14-7-5-8-15-12/h5,7-9H,3-4,6H2,1-2H3. The first-order valence-electron chi connectivity index (χ1n) is 6.16. The molecule has 2 aromatic rings. The molecule has 96 valence electrons. The third-order valence-corrected chi connectivity index (χ3v) is 3.18. The number of halogens is 1. The molecule has 0 saturated carbocycles. The average Bonchev–Trinajstić information content (AvgIpc) is 2.79. The van der Waals surface area contributed by atoms with Crippen LogP contribution in [0.4, 0.5) is 0 Å². The van der Waals surface area contributed by atoms with E-state index in [0.29, 0.717) is 16.6 Å². The maximum absolute atomic E-state index is 4.47. The van der Waals surface area contributed by atoms with Crippen LogP contribution in [0.1, 0.15) is 44.9 Å². The molecule has 0 fully saturated rings. The van der Waals surface area contributed by atoms with E-state index in [4.69, 9.17) is 0 Å². The number of nitrogens with zero attached hydrogens (tertiary/aromatic N) is 5. The van der Waals surface area contributed by atoms with Gasteiger partial charge in [-0.25, -0.2) is 15.0 Å². The summed E-state index contributed by atoms with van der Waals surface area (Å²) in [5, 5.41) is 4.33. The Morgan fingerprint density at radius 1 is 1.28 bits per heavy atom. The zero-order valence-electron chi connectivity index (χ0n) is 10.5. The molecule has 0 aromatic carbocycles. The molecule has 6 heteroatoms. The van der Waals surface area contributed by atoms with Crippen LogP contribution in [0.15, 0.2) is 23.2 Å². The first kappa shape index (κ1) is 13.1. The predicted molar refractivity (Wildman–Crippen MR) is 72.6 cm³/mol. The van der Waals surface area contributed by atoms with Crippen molar-refractivity contribution < 1.29 is 0 Å². The van der Waals surface area contributed by atoms with Crippen molar-refractivity contribution >= 4 is 15.9 Å². The lowest BCUT2D eigenvalue weighted by atomic mass is 10.00. The van der Waals surface area contributed by atoms with Crippen LogP contribution in [-0.2, 0) is 0 Å². The number of hydrogen-bond donors (Lipinski definition) is 0. The average molecular weight is 310 g/mol. The SMILES string of the molecule is CCCC(CC)c1nc(Br)nn1-c1ncccn1. The monoisotopic (exact) mass is 309 g/mol. The maximum atomic E-state index is 4.47. The molecule has 18 heavy (non-hydrogen) atoms. The van der Waals surface area contributed by atoms with Gasteiger partial charge in [0.2, 0.25) is 4.73 Å². The Morgan fingerprint density at radius 2 is 2.00 bits per heavy atom. The van der Waals surface area contributed by atoms with Gasteiger partial charge in [-0.05, 0) is 34.8 Å². The molecule has 2 rings (SSSR count). The van der Waals surface area contributed by atoms with Gasteiger partial charge >= 0.3 is 0 Å². The first-order chi connectivity index (χ1) is 8.76. The molecule has 0 aliphatic rings. The summed E-state index contributed by atoms with van der Waals surface area (Å²) in [7, 11) is 0. The van der Waals surface area contributed by atoms with Crippen molar-refractivity contribution in [2.75, 3.05) is 0 Å². The van der Waals surface area contributed by atoms with E-state index >= 15 is 0 Å². The summed E-state index contributed by atoms with van der Waals surface area (Å²) in [6.07, 6.45) is 6.67. The lowest BCUT2D eigenvalue weighted by Gasteiger charge is -2.13. The van der Waals surface area contributed by atoms with Crippen molar-refractivity contribution in [3.8, 4) is 5.95 Å². The van der Waals surface area contributed by atoms with Crippen LogP contribution >= 0.6 is 15.9 Å². The molecule has 0 N–H and O–H groups in total. The fourth-order valence-corrected chi connectivity index (χ4v) is 2.31. The zero-order valence-corrected chi connectivity index (χ0v) is 12.1. The highest BCUT2D eigenvalue weighted by Gasteiger charge is 2.19. The van der Waals surface area contributed by atoms with Crippen LogP contribution in [0.5, 0.6) is 0 Å². The number of aromatic nitrogens is 5. The van der Waals surface area contributed by atoms with Gasteiger partial charge in [-0.2, -0.15) is 4.68 Å². The smallest absolute Gasteiger partial charge is 0.220 e. The van der Waals surface area contributed by atoms with Gasteiger partial charge in [0.15, 0.2) is 0 Å². The van der Waals surface area contributed by atoms with E-state index in [0.717, 1.165) is 25.1 Å². The van der Waals surface area contributed by atoms with Crippen molar-refractivity contribution in [1.29, 1.82) is 0 Å². The highest BCUT2D eigenvalue weighted by Crippen LogP contribution is 2.25. The third kappa shape index (κ3) is 2.75. The van der Waals surface area contributed by atoms with Crippen LogP contribution in [0.25, 0.3) is 5.95 Å². The third-order valence-electron chi connectivity index (χ3n) is 2.84. The highest BCUT2D eigenvalue weighted by atomic mass is 79.9. The molecule has 0 bridgehead atoms. The Hall–Kier alpha value is -1.30. The normalized spacial score (nSPS) is 12.6. The Labute approximate surface area is 115 Å². The van der Waals surface area contributed by atoms with Gasteiger partial charge in [0.1, 0.15) is 5.82 Å². The fraction of sp³-hybridized carbons (Fsp3) is 0.500. The summed E-state index contributed by atoms with van der Waals surface area (Å²) >= 11 is 3.33. The van der Waals surface area contributed by atoms with E-state index in [1.807, 2.05) is 0 Å². The lowest BCUT2D eigenvalue weighted by Crippen LogP contribution is -2.11. The van der Waals surface area contributed by atoms with Crippen molar-refractivity contribution in [1.82, 2.24) is 24.7 Å². The zero-order chi connectivity index (χ0) is 13.0. The Balaban J connectivity index is 2.42. The molecule has 0 saturated heterocycles. The van der Waals surface area contributed by atoms with E-state index < -0.39 is 0 Å². The molecule has 0 aliphatic heterocycles. The van der Waals surface area contributed by atoms with Crippen molar-refractivity contribution in [3.63, 3.8) is 0 Å². The Morgan fingerprint density at radius 3 is 2.61 bits per heavy atom. The summed E-state index contributed by atoms with van der Waals surface area (Å²) in [6.45, 7) is 4.34. The second-order valence-corrected chi connectivity index (χ2v) is 4.80. The van der Waals surface area contributed by atoms with Crippen LogP contribution in [-0.4, -0.2) is 24.7 Å². The molecule has 2 heterocycles. The second-order valence-electron chi connectivity index (χ2n) is 4.09. The van der Waals surface area contributed by atoms with E-state index in [-0.39, 0.29) is 0 Å². The van der Waals surface area contributed by atoms with Crippen LogP contribution < -0.4 is 0 Å². The minimum atomic E-state index is 0.387. The minimum Gasteiger partial charge on any atom is -0.220 e. The molecule has 0 aliphatic carbocycles. The van der Waals surface area contributed by atoms with Gasteiger partial charge in [-0.1, -0.05) is 20.3 Å². The molecular formula is C12H16BrN5. The van der Waals surface area contributed by atoms with Crippen LogP contribution in [0.2, 0.25) is 0 Å². The first-order valence-corrected chi connectivity index (χ1v) is 6.95. The number of hydrogen-bond acceptors (Lipinski definition) is 4. The fourth-order valence-electron chi connectivity index (χ4n) is 1.97. The molecule has 0 amide bonds. The van der Waals surface area contributed by atoms with Gasteiger partial charge in [-0.3, -0.25) is 0 Å². The van der Waals surface area contributed by atoms with Crippen molar-refractivity contribution in [3.05, 3.63) is 29.0 Å². The summed E-state index contributed by atoms with van der Waals surface area (Å²) in [4.78, 5) is 12.9. The van der Waals surface area contributed by atoms with E-state index in [2.05, 4.69) is 49.8 Å². The largest absolute Gasteiger partial charge is 0.252 e. The maximum Gasteiger partial charge on any atom is 0.252 e. The van der Waals surface area contributed by atoms with Gasteiger partial charge in [0.25, 0.3) is 5.95 Å². The number of rotatable bonds is 5. The summed E-state index contributed by atoms with van der Waals surface area (Å²) in [5.74, 6) is 1.88. The molecule has 0 radical (unpaired) electrons.